The van der Waals surface area contributed by atoms with Crippen molar-refractivity contribution in [2.24, 2.45) is 0 Å². The van der Waals surface area contributed by atoms with E-state index in [0.717, 1.165) is 19.0 Å². The molecule has 0 aromatic rings. The minimum atomic E-state index is 0.741. The van der Waals surface area contributed by atoms with Crippen molar-refractivity contribution < 1.29 is 0 Å². The van der Waals surface area contributed by atoms with Crippen molar-refractivity contribution in [1.29, 1.82) is 0 Å². The van der Waals surface area contributed by atoms with E-state index in [1.807, 2.05) is 6.08 Å². The van der Waals surface area contributed by atoms with Crippen LogP contribution in [-0.4, -0.2) is 12.6 Å². The lowest BCUT2D eigenvalue weighted by Gasteiger charge is -2.16. The number of allylic oxidation sites excluding steroid dienone is 1. The Balaban J connectivity index is 3.46. The summed E-state index contributed by atoms with van der Waals surface area (Å²) in [5.74, 6) is 0. The van der Waals surface area contributed by atoms with Gasteiger partial charge in [0, 0.05) is 6.04 Å². The highest BCUT2D eigenvalue weighted by atomic mass is 14.9. The molecule has 0 aliphatic heterocycles. The predicted molar refractivity (Wildman–Crippen MR) is 61.0 cm³/mol. The first kappa shape index (κ1) is 12.7. The summed E-state index contributed by atoms with van der Waals surface area (Å²) < 4.78 is 0. The van der Waals surface area contributed by atoms with E-state index in [4.69, 9.17) is 0 Å². The molecule has 0 spiro atoms. The summed E-state index contributed by atoms with van der Waals surface area (Å²) in [4.78, 5) is 0. The van der Waals surface area contributed by atoms with Crippen molar-refractivity contribution in [3.63, 3.8) is 0 Å². The smallest absolute Gasteiger partial charge is 0.00670 e. The third kappa shape index (κ3) is 8.04. The second-order valence-corrected chi connectivity index (χ2v) is 3.62. The Kier molecular flexibility index (Phi) is 9.56. The van der Waals surface area contributed by atoms with Gasteiger partial charge in [-0.1, -0.05) is 32.8 Å². The molecular weight excluding hydrogens is 158 g/mol. The summed E-state index contributed by atoms with van der Waals surface area (Å²) in [6.07, 6.45) is 9.76. The lowest BCUT2D eigenvalue weighted by molar-refractivity contribution is 0.440. The van der Waals surface area contributed by atoms with E-state index < -0.39 is 0 Å². The summed E-state index contributed by atoms with van der Waals surface area (Å²) in [5, 5.41) is 3.54. The maximum Gasteiger partial charge on any atom is 0.00670 e. The Hall–Kier alpha value is -0.300. The lowest BCUT2D eigenvalue weighted by Crippen LogP contribution is -2.28. The van der Waals surface area contributed by atoms with Crippen molar-refractivity contribution in [2.45, 2.75) is 58.4 Å². The number of nitrogens with one attached hydrogen (secondary N) is 1. The zero-order valence-electron chi connectivity index (χ0n) is 9.31. The molecule has 0 fully saturated rings. The van der Waals surface area contributed by atoms with E-state index in [-0.39, 0.29) is 0 Å². The highest BCUT2D eigenvalue weighted by Gasteiger charge is 2.04. The molecule has 0 aliphatic rings. The second kappa shape index (κ2) is 9.79. The Morgan fingerprint density at radius 3 is 2.46 bits per heavy atom. The molecule has 13 heavy (non-hydrogen) atoms. The standard InChI is InChI=1S/C12H25N/c1-4-7-9-11-12(13-6-3)10-8-5-2/h4,12-13H,1,5-11H2,2-3H3. The summed E-state index contributed by atoms with van der Waals surface area (Å²) in [7, 11) is 0. The molecule has 0 rings (SSSR count). The molecule has 0 amide bonds. The minimum absolute atomic E-state index is 0.741. The Labute approximate surface area is 83.6 Å². The van der Waals surface area contributed by atoms with Crippen molar-refractivity contribution in [3.05, 3.63) is 12.7 Å². The minimum Gasteiger partial charge on any atom is -0.314 e. The molecule has 0 heterocycles. The molecule has 0 bridgehead atoms. The van der Waals surface area contributed by atoms with E-state index in [0.29, 0.717) is 0 Å². The van der Waals surface area contributed by atoms with E-state index in [1.54, 1.807) is 0 Å². The van der Waals surface area contributed by atoms with Crippen LogP contribution in [-0.2, 0) is 0 Å². The van der Waals surface area contributed by atoms with E-state index in [2.05, 4.69) is 25.7 Å². The summed E-state index contributed by atoms with van der Waals surface area (Å²) in [6, 6.07) is 0.741. The Morgan fingerprint density at radius 1 is 1.23 bits per heavy atom. The number of rotatable bonds is 9. The van der Waals surface area contributed by atoms with Crippen molar-refractivity contribution >= 4 is 0 Å². The van der Waals surface area contributed by atoms with Gasteiger partial charge in [-0.25, -0.2) is 0 Å². The molecule has 1 nitrogen and oxygen atoms in total. The molecule has 0 aliphatic carbocycles. The second-order valence-electron chi connectivity index (χ2n) is 3.62. The predicted octanol–water partition coefficient (Wildman–Crippen LogP) is 3.51. The zero-order valence-corrected chi connectivity index (χ0v) is 9.31. The van der Waals surface area contributed by atoms with Crippen LogP contribution < -0.4 is 5.32 Å². The number of unbranched alkanes of at least 4 members (excludes halogenated alkanes) is 2. The molecule has 78 valence electrons. The largest absolute Gasteiger partial charge is 0.314 e. The monoisotopic (exact) mass is 183 g/mol. The molecule has 1 heteroatoms. The molecule has 0 aromatic heterocycles. The maximum atomic E-state index is 3.75. The van der Waals surface area contributed by atoms with Crippen LogP contribution in [0.4, 0.5) is 0 Å². The van der Waals surface area contributed by atoms with E-state index >= 15 is 0 Å². The number of hydrogen-bond donors (Lipinski definition) is 1. The van der Waals surface area contributed by atoms with Crippen LogP contribution in [0.15, 0.2) is 12.7 Å². The molecular formula is C12H25N. The van der Waals surface area contributed by atoms with Gasteiger partial charge in [-0.2, -0.15) is 0 Å². The van der Waals surface area contributed by atoms with Crippen LogP contribution in [0, 0.1) is 0 Å². The highest BCUT2D eigenvalue weighted by molar-refractivity contribution is 4.71. The molecule has 0 saturated carbocycles. The average molecular weight is 183 g/mol. The van der Waals surface area contributed by atoms with Crippen molar-refractivity contribution in [1.82, 2.24) is 5.32 Å². The Morgan fingerprint density at radius 2 is 1.92 bits per heavy atom. The highest BCUT2D eigenvalue weighted by Crippen LogP contribution is 2.08. The normalized spacial score (nSPS) is 12.8. The van der Waals surface area contributed by atoms with Gasteiger partial charge < -0.3 is 5.32 Å². The fourth-order valence-electron chi connectivity index (χ4n) is 1.60. The lowest BCUT2D eigenvalue weighted by atomic mass is 10.0. The van der Waals surface area contributed by atoms with Gasteiger partial charge in [-0.3, -0.25) is 0 Å². The third-order valence-electron chi connectivity index (χ3n) is 2.36. The molecule has 1 unspecified atom stereocenters. The summed E-state index contributed by atoms with van der Waals surface area (Å²) in [6.45, 7) is 9.29. The average Bonchev–Trinajstić information content (AvgIpc) is 2.14. The number of hydrogen-bond acceptors (Lipinski definition) is 1. The van der Waals surface area contributed by atoms with Crippen LogP contribution in [0.2, 0.25) is 0 Å². The van der Waals surface area contributed by atoms with Crippen molar-refractivity contribution in [2.75, 3.05) is 6.54 Å². The molecule has 0 aromatic carbocycles. The van der Waals surface area contributed by atoms with Gasteiger partial charge in [0.25, 0.3) is 0 Å². The van der Waals surface area contributed by atoms with Gasteiger partial charge in [0.1, 0.15) is 0 Å². The summed E-state index contributed by atoms with van der Waals surface area (Å²) in [5.41, 5.74) is 0. The molecule has 1 N–H and O–H groups in total. The van der Waals surface area contributed by atoms with Crippen LogP contribution in [0.25, 0.3) is 0 Å². The topological polar surface area (TPSA) is 12.0 Å². The Bertz CT molecular complexity index is 110. The van der Waals surface area contributed by atoms with Crippen LogP contribution in [0.3, 0.4) is 0 Å². The van der Waals surface area contributed by atoms with Gasteiger partial charge in [0.15, 0.2) is 0 Å². The van der Waals surface area contributed by atoms with Gasteiger partial charge in [0.05, 0.1) is 0 Å². The molecule has 0 saturated heterocycles. The first-order valence-electron chi connectivity index (χ1n) is 5.69. The van der Waals surface area contributed by atoms with Crippen LogP contribution in [0.1, 0.15) is 52.4 Å². The SMILES string of the molecule is C=CCCCC(CCCC)NCC. The third-order valence-corrected chi connectivity index (χ3v) is 2.36. The van der Waals surface area contributed by atoms with Crippen LogP contribution in [0.5, 0.6) is 0 Å². The first-order chi connectivity index (χ1) is 6.35. The fraction of sp³-hybridized carbons (Fsp3) is 0.833. The van der Waals surface area contributed by atoms with Gasteiger partial charge >= 0.3 is 0 Å². The van der Waals surface area contributed by atoms with Gasteiger partial charge in [0.2, 0.25) is 0 Å². The van der Waals surface area contributed by atoms with Gasteiger partial charge in [-0.05, 0) is 32.2 Å². The molecule has 0 radical (unpaired) electrons. The zero-order chi connectivity index (χ0) is 9.94. The summed E-state index contributed by atoms with van der Waals surface area (Å²) >= 11 is 0. The van der Waals surface area contributed by atoms with Crippen molar-refractivity contribution in [3.8, 4) is 0 Å². The fourth-order valence-corrected chi connectivity index (χ4v) is 1.60. The maximum absolute atomic E-state index is 3.75. The van der Waals surface area contributed by atoms with E-state index in [1.165, 1.54) is 32.1 Å². The van der Waals surface area contributed by atoms with Crippen LogP contribution >= 0.6 is 0 Å². The quantitative estimate of drug-likeness (QED) is 0.426. The van der Waals surface area contributed by atoms with Gasteiger partial charge in [-0.15, -0.1) is 6.58 Å². The van der Waals surface area contributed by atoms with E-state index in [9.17, 15) is 0 Å². The molecule has 1 atom stereocenters. The first-order valence-corrected chi connectivity index (χ1v) is 5.69.